The molecule has 2 rings (SSSR count). The summed E-state index contributed by atoms with van der Waals surface area (Å²) in [4.78, 5) is 16.5. The second-order valence-electron chi connectivity index (χ2n) is 7.69. The van der Waals surface area contributed by atoms with Crippen LogP contribution in [-0.2, 0) is 0 Å². The highest BCUT2D eigenvalue weighted by Crippen LogP contribution is 2.21. The van der Waals surface area contributed by atoms with Crippen LogP contribution in [-0.4, -0.2) is 79.4 Å². The van der Waals surface area contributed by atoms with Crippen LogP contribution in [0.1, 0.15) is 45.4 Å². The van der Waals surface area contributed by atoms with Crippen LogP contribution >= 0.6 is 0 Å². The number of hydrogen-bond donors (Lipinski definition) is 3. The summed E-state index contributed by atoms with van der Waals surface area (Å²) in [6, 6.07) is 0.505. The summed E-state index contributed by atoms with van der Waals surface area (Å²) < 4.78 is 0. The number of rotatable bonds is 8. The maximum atomic E-state index is 11.8. The second-order valence-corrected chi connectivity index (χ2v) is 7.69. The van der Waals surface area contributed by atoms with Crippen LogP contribution in [0.3, 0.4) is 0 Å². The van der Waals surface area contributed by atoms with Crippen molar-refractivity contribution in [3.8, 4) is 0 Å². The molecule has 1 heterocycles. The maximum Gasteiger partial charge on any atom is 0.314 e. The van der Waals surface area contributed by atoms with E-state index in [9.17, 15) is 9.90 Å². The number of aliphatic hydroxyl groups is 1. The Kier molecular flexibility index (Phi) is 8.29. The van der Waals surface area contributed by atoms with Gasteiger partial charge in [0.05, 0.1) is 6.10 Å². The Balaban J connectivity index is 1.50. The minimum Gasteiger partial charge on any atom is -0.390 e. The van der Waals surface area contributed by atoms with Crippen molar-refractivity contribution in [3.05, 3.63) is 0 Å². The summed E-state index contributed by atoms with van der Waals surface area (Å²) in [5.41, 5.74) is 0. The number of carbonyl (C=O) groups excluding carboxylic acids is 1. The molecule has 0 bridgehead atoms. The van der Waals surface area contributed by atoms with Gasteiger partial charge in [-0.25, -0.2) is 4.79 Å². The molecule has 2 fully saturated rings. The molecule has 1 saturated heterocycles. The minimum atomic E-state index is -0.495. The fraction of sp³-hybridized carbons (Fsp3) is 0.944. The molecular weight excluding hydrogens is 304 g/mol. The molecule has 1 atom stereocenters. The molecule has 2 amide bonds. The lowest BCUT2D eigenvalue weighted by Gasteiger charge is -2.31. The first-order valence-electron chi connectivity index (χ1n) is 9.67. The number of likely N-dealkylation sites (N-methyl/N-ethyl adjacent to an activating group) is 1. The van der Waals surface area contributed by atoms with Crippen molar-refractivity contribution in [3.63, 3.8) is 0 Å². The molecule has 6 heteroatoms. The van der Waals surface area contributed by atoms with Crippen molar-refractivity contribution >= 4 is 6.03 Å². The first-order chi connectivity index (χ1) is 11.5. The molecule has 1 saturated carbocycles. The van der Waals surface area contributed by atoms with Crippen molar-refractivity contribution in [2.24, 2.45) is 5.92 Å². The molecule has 0 spiro atoms. The number of amides is 2. The highest BCUT2D eigenvalue weighted by molar-refractivity contribution is 5.73. The van der Waals surface area contributed by atoms with E-state index < -0.39 is 6.10 Å². The van der Waals surface area contributed by atoms with Gasteiger partial charge in [0.1, 0.15) is 0 Å². The average molecular weight is 341 g/mol. The average Bonchev–Trinajstić information content (AvgIpc) is 3.10. The second kappa shape index (κ2) is 10.2. The van der Waals surface area contributed by atoms with Crippen LogP contribution in [0.2, 0.25) is 0 Å². The molecular formula is C18H36N4O2. The molecule has 0 aromatic rings. The molecule has 1 aliphatic heterocycles. The summed E-state index contributed by atoms with van der Waals surface area (Å²) in [5, 5.41) is 15.7. The SMILES string of the molecule is CC1CCN(CC(O)CNC(=O)NCCN(C)C2CCCC2)CC1. The highest BCUT2D eigenvalue weighted by Gasteiger charge is 2.20. The van der Waals surface area contributed by atoms with Crippen LogP contribution in [0.5, 0.6) is 0 Å². The van der Waals surface area contributed by atoms with Gasteiger partial charge in [0, 0.05) is 32.2 Å². The number of carbonyl (C=O) groups is 1. The maximum absolute atomic E-state index is 11.8. The van der Waals surface area contributed by atoms with E-state index in [4.69, 9.17) is 0 Å². The Morgan fingerprint density at radius 2 is 1.88 bits per heavy atom. The smallest absolute Gasteiger partial charge is 0.314 e. The largest absolute Gasteiger partial charge is 0.390 e. The number of aliphatic hydroxyl groups excluding tert-OH is 1. The fourth-order valence-corrected chi connectivity index (χ4v) is 3.75. The third kappa shape index (κ3) is 6.95. The van der Waals surface area contributed by atoms with E-state index >= 15 is 0 Å². The van der Waals surface area contributed by atoms with Crippen molar-refractivity contribution in [1.82, 2.24) is 20.4 Å². The first kappa shape index (κ1) is 19.5. The van der Waals surface area contributed by atoms with Gasteiger partial charge in [-0.1, -0.05) is 19.8 Å². The van der Waals surface area contributed by atoms with Gasteiger partial charge in [-0.3, -0.25) is 0 Å². The van der Waals surface area contributed by atoms with Gasteiger partial charge in [0.2, 0.25) is 0 Å². The van der Waals surface area contributed by atoms with E-state index in [1.54, 1.807) is 0 Å². The quantitative estimate of drug-likeness (QED) is 0.622. The predicted octanol–water partition coefficient (Wildman–Crippen LogP) is 1.25. The molecule has 3 N–H and O–H groups in total. The summed E-state index contributed by atoms with van der Waals surface area (Å²) in [6.45, 7) is 6.89. The topological polar surface area (TPSA) is 67.8 Å². The number of piperidine rings is 1. The van der Waals surface area contributed by atoms with Crippen molar-refractivity contribution in [2.75, 3.05) is 46.3 Å². The number of nitrogens with one attached hydrogen (secondary N) is 2. The Morgan fingerprint density at radius 1 is 1.21 bits per heavy atom. The molecule has 140 valence electrons. The van der Waals surface area contributed by atoms with Crippen molar-refractivity contribution in [2.45, 2.75) is 57.6 Å². The predicted molar refractivity (Wildman–Crippen MR) is 97.1 cm³/mol. The summed E-state index contributed by atoms with van der Waals surface area (Å²) in [7, 11) is 2.14. The van der Waals surface area contributed by atoms with Gasteiger partial charge in [0.15, 0.2) is 0 Å². The van der Waals surface area contributed by atoms with Crippen molar-refractivity contribution in [1.29, 1.82) is 0 Å². The van der Waals surface area contributed by atoms with E-state index in [1.807, 2.05) is 0 Å². The van der Waals surface area contributed by atoms with Crippen LogP contribution in [0.4, 0.5) is 4.79 Å². The van der Waals surface area contributed by atoms with Gasteiger partial charge < -0.3 is 25.5 Å². The summed E-state index contributed by atoms with van der Waals surface area (Å²) in [6.07, 6.45) is 7.14. The number of nitrogens with zero attached hydrogens (tertiary/aromatic N) is 2. The lowest BCUT2D eigenvalue weighted by Crippen LogP contribution is -2.46. The Labute approximate surface area is 147 Å². The van der Waals surface area contributed by atoms with Crippen LogP contribution < -0.4 is 10.6 Å². The minimum absolute atomic E-state index is 0.180. The lowest BCUT2D eigenvalue weighted by atomic mass is 9.99. The van der Waals surface area contributed by atoms with Crippen LogP contribution in [0.15, 0.2) is 0 Å². The van der Waals surface area contributed by atoms with E-state index in [0.717, 1.165) is 25.6 Å². The van der Waals surface area contributed by atoms with E-state index in [1.165, 1.54) is 38.5 Å². The standard InChI is InChI=1S/C18H36N4O2/c1-15-7-10-22(11-8-15)14-17(23)13-20-18(24)19-9-12-21(2)16-5-3-4-6-16/h15-17,23H,3-14H2,1-2H3,(H2,19,20,24). The number of β-amino-alcohol motifs (C(OH)–C–C–N with tert-alkyl or cyclic N) is 1. The van der Waals surface area contributed by atoms with Gasteiger partial charge in [-0.15, -0.1) is 0 Å². The van der Waals surface area contributed by atoms with E-state index in [0.29, 0.717) is 25.7 Å². The highest BCUT2D eigenvalue weighted by atomic mass is 16.3. The Bertz CT molecular complexity index is 366. The Morgan fingerprint density at radius 3 is 2.54 bits per heavy atom. The van der Waals surface area contributed by atoms with Crippen molar-refractivity contribution < 1.29 is 9.90 Å². The molecule has 2 aliphatic rings. The molecule has 24 heavy (non-hydrogen) atoms. The third-order valence-electron chi connectivity index (χ3n) is 5.54. The zero-order valence-corrected chi connectivity index (χ0v) is 15.5. The normalized spacial score (nSPS) is 22.0. The van der Waals surface area contributed by atoms with Crippen LogP contribution in [0, 0.1) is 5.92 Å². The monoisotopic (exact) mass is 340 g/mol. The van der Waals surface area contributed by atoms with Crippen LogP contribution in [0.25, 0.3) is 0 Å². The summed E-state index contributed by atoms with van der Waals surface area (Å²) in [5.74, 6) is 0.796. The fourth-order valence-electron chi connectivity index (χ4n) is 3.75. The summed E-state index contributed by atoms with van der Waals surface area (Å²) >= 11 is 0. The molecule has 1 unspecified atom stereocenters. The van der Waals surface area contributed by atoms with Gasteiger partial charge in [-0.05, 0) is 51.7 Å². The molecule has 0 radical (unpaired) electrons. The van der Waals surface area contributed by atoms with E-state index in [-0.39, 0.29) is 6.03 Å². The molecule has 0 aromatic heterocycles. The van der Waals surface area contributed by atoms with Gasteiger partial charge in [-0.2, -0.15) is 0 Å². The number of urea groups is 1. The molecule has 6 nitrogen and oxygen atoms in total. The lowest BCUT2D eigenvalue weighted by molar-refractivity contribution is 0.0920. The van der Waals surface area contributed by atoms with E-state index in [2.05, 4.69) is 34.4 Å². The number of likely N-dealkylation sites (tertiary alicyclic amines) is 1. The third-order valence-corrected chi connectivity index (χ3v) is 5.54. The zero-order chi connectivity index (χ0) is 17.4. The molecule has 1 aliphatic carbocycles. The zero-order valence-electron chi connectivity index (χ0n) is 15.5. The number of hydrogen-bond acceptors (Lipinski definition) is 4. The molecule has 0 aromatic carbocycles. The Hall–Kier alpha value is -0.850. The van der Waals surface area contributed by atoms with Gasteiger partial charge in [0.25, 0.3) is 0 Å². The van der Waals surface area contributed by atoms with Gasteiger partial charge >= 0.3 is 6.03 Å². The first-order valence-corrected chi connectivity index (χ1v) is 9.67.